The minimum atomic E-state index is -1.46. The zero-order valence-electron chi connectivity index (χ0n) is 6.03. The molecule has 1 aliphatic rings. The summed E-state index contributed by atoms with van der Waals surface area (Å²) in [4.78, 5) is 0. The molecule has 1 N–H and O–H groups in total. The fraction of sp³-hybridized carbons (Fsp3) is 1.00. The molecule has 0 aromatic rings. The van der Waals surface area contributed by atoms with E-state index >= 15 is 0 Å². The van der Waals surface area contributed by atoms with E-state index < -0.39 is 17.9 Å². The van der Waals surface area contributed by atoms with E-state index in [1.54, 1.807) is 13.8 Å². The molecule has 0 amide bonds. The molecule has 10 heavy (non-hydrogen) atoms. The highest BCUT2D eigenvalue weighted by Gasteiger charge is 2.42. The summed E-state index contributed by atoms with van der Waals surface area (Å²) in [5.41, 5.74) is -0.528. The van der Waals surface area contributed by atoms with Crippen LogP contribution in [-0.4, -0.2) is 19.0 Å². The lowest BCUT2D eigenvalue weighted by molar-refractivity contribution is 0.115. The lowest BCUT2D eigenvalue weighted by Gasteiger charge is -2.18. The van der Waals surface area contributed by atoms with Gasteiger partial charge < -0.3 is 0 Å². The number of nitrogens with one attached hydrogen (secondary N) is 1. The SMILES string of the molecule is CC1(C)CNC(F)C1F.Cl. The molecule has 1 saturated heterocycles. The molecular weight excluding hydrogens is 160 g/mol. The molecule has 0 saturated carbocycles. The Hall–Kier alpha value is 0.110. The van der Waals surface area contributed by atoms with Crippen LogP contribution in [0, 0.1) is 5.41 Å². The third-order valence-corrected chi connectivity index (χ3v) is 1.76. The number of alkyl halides is 2. The quantitative estimate of drug-likeness (QED) is 0.547. The van der Waals surface area contributed by atoms with Gasteiger partial charge in [-0.05, 0) is 0 Å². The van der Waals surface area contributed by atoms with Gasteiger partial charge in [0.15, 0.2) is 12.5 Å². The first kappa shape index (κ1) is 10.1. The first-order chi connectivity index (χ1) is 4.04. The highest BCUT2D eigenvalue weighted by Crippen LogP contribution is 2.30. The van der Waals surface area contributed by atoms with Crippen molar-refractivity contribution in [2.24, 2.45) is 5.41 Å². The second kappa shape index (κ2) is 3.01. The molecule has 2 unspecified atom stereocenters. The van der Waals surface area contributed by atoms with E-state index in [-0.39, 0.29) is 12.4 Å². The van der Waals surface area contributed by atoms with Crippen LogP contribution >= 0.6 is 12.4 Å². The minimum Gasteiger partial charge on any atom is -0.285 e. The van der Waals surface area contributed by atoms with Crippen LogP contribution in [0.15, 0.2) is 0 Å². The smallest absolute Gasteiger partial charge is 0.183 e. The maximum Gasteiger partial charge on any atom is 0.183 e. The summed E-state index contributed by atoms with van der Waals surface area (Å²) >= 11 is 0. The second-order valence-corrected chi connectivity index (χ2v) is 3.17. The Morgan fingerprint density at radius 2 is 1.90 bits per heavy atom. The lowest BCUT2D eigenvalue weighted by Crippen LogP contribution is -2.26. The van der Waals surface area contributed by atoms with E-state index in [1.165, 1.54) is 0 Å². The predicted molar refractivity (Wildman–Crippen MR) is 38.8 cm³/mol. The molecule has 0 aliphatic carbocycles. The summed E-state index contributed by atoms with van der Waals surface area (Å²) in [6.45, 7) is 3.85. The fourth-order valence-electron chi connectivity index (χ4n) is 0.958. The van der Waals surface area contributed by atoms with E-state index in [2.05, 4.69) is 5.32 Å². The molecule has 2 atom stereocenters. The van der Waals surface area contributed by atoms with Gasteiger partial charge in [0.1, 0.15) is 0 Å². The van der Waals surface area contributed by atoms with E-state index in [1.807, 2.05) is 0 Å². The average Bonchev–Trinajstić information content (AvgIpc) is 1.97. The summed E-state index contributed by atoms with van der Waals surface area (Å²) in [7, 11) is 0. The molecule has 0 bridgehead atoms. The first-order valence-corrected chi connectivity index (χ1v) is 3.05. The maximum atomic E-state index is 12.7. The van der Waals surface area contributed by atoms with Crippen LogP contribution in [0.4, 0.5) is 8.78 Å². The standard InChI is InChI=1S/C6H11F2N.ClH/c1-6(2)3-9-5(8)4(6)7;/h4-5,9H,3H2,1-2H3;1H. The van der Waals surface area contributed by atoms with Crippen molar-refractivity contribution in [3.05, 3.63) is 0 Å². The molecule has 0 spiro atoms. The zero-order valence-corrected chi connectivity index (χ0v) is 6.84. The molecule has 1 aliphatic heterocycles. The molecule has 0 radical (unpaired) electrons. The third-order valence-electron chi connectivity index (χ3n) is 1.76. The largest absolute Gasteiger partial charge is 0.285 e. The van der Waals surface area contributed by atoms with Crippen LogP contribution < -0.4 is 5.32 Å². The Balaban J connectivity index is 0.000000810. The summed E-state index contributed by atoms with van der Waals surface area (Å²) in [5.74, 6) is 0. The zero-order chi connectivity index (χ0) is 7.07. The van der Waals surface area contributed by atoms with E-state index in [4.69, 9.17) is 0 Å². The molecule has 0 aromatic heterocycles. The highest BCUT2D eigenvalue weighted by atomic mass is 35.5. The van der Waals surface area contributed by atoms with Crippen molar-refractivity contribution >= 4 is 12.4 Å². The van der Waals surface area contributed by atoms with Gasteiger partial charge in [-0.15, -0.1) is 12.4 Å². The van der Waals surface area contributed by atoms with Gasteiger partial charge in [0.25, 0.3) is 0 Å². The minimum absolute atomic E-state index is 0. The van der Waals surface area contributed by atoms with Gasteiger partial charge >= 0.3 is 0 Å². The van der Waals surface area contributed by atoms with Crippen LogP contribution in [0.3, 0.4) is 0 Å². The number of hydrogen-bond donors (Lipinski definition) is 1. The van der Waals surface area contributed by atoms with Crippen LogP contribution in [0.1, 0.15) is 13.8 Å². The second-order valence-electron chi connectivity index (χ2n) is 3.17. The van der Waals surface area contributed by atoms with Gasteiger partial charge in [-0.1, -0.05) is 13.8 Å². The van der Waals surface area contributed by atoms with Crippen molar-refractivity contribution in [3.63, 3.8) is 0 Å². The first-order valence-electron chi connectivity index (χ1n) is 3.05. The van der Waals surface area contributed by atoms with Gasteiger partial charge in [-0.25, -0.2) is 8.78 Å². The summed E-state index contributed by atoms with van der Waals surface area (Å²) in [6, 6.07) is 0. The van der Waals surface area contributed by atoms with Crippen molar-refractivity contribution in [1.82, 2.24) is 5.32 Å². The van der Waals surface area contributed by atoms with Crippen molar-refractivity contribution in [3.8, 4) is 0 Å². The molecule has 1 heterocycles. The summed E-state index contributed by atoms with van der Waals surface area (Å²) < 4.78 is 25.0. The van der Waals surface area contributed by atoms with Crippen molar-refractivity contribution < 1.29 is 8.78 Å². The van der Waals surface area contributed by atoms with Crippen molar-refractivity contribution in [1.29, 1.82) is 0 Å². The van der Waals surface area contributed by atoms with Gasteiger partial charge in [-0.3, -0.25) is 5.32 Å². The Labute approximate surface area is 65.6 Å². The van der Waals surface area contributed by atoms with E-state index in [0.29, 0.717) is 6.54 Å². The fourth-order valence-corrected chi connectivity index (χ4v) is 0.958. The molecule has 1 rings (SSSR count). The van der Waals surface area contributed by atoms with Crippen molar-refractivity contribution in [2.75, 3.05) is 6.54 Å². The van der Waals surface area contributed by atoms with Crippen molar-refractivity contribution in [2.45, 2.75) is 26.3 Å². The highest BCUT2D eigenvalue weighted by molar-refractivity contribution is 5.85. The molecule has 1 fully saturated rings. The predicted octanol–water partition coefficient (Wildman–Crippen LogP) is 1.67. The molecule has 62 valence electrons. The topological polar surface area (TPSA) is 12.0 Å². The molecule has 4 heteroatoms. The van der Waals surface area contributed by atoms with E-state index in [0.717, 1.165) is 0 Å². The number of halogens is 3. The molecule has 0 aromatic carbocycles. The lowest BCUT2D eigenvalue weighted by atomic mass is 9.91. The van der Waals surface area contributed by atoms with Crippen LogP contribution in [0.25, 0.3) is 0 Å². The Bertz CT molecular complexity index is 118. The van der Waals surface area contributed by atoms with Crippen LogP contribution in [-0.2, 0) is 0 Å². The average molecular weight is 172 g/mol. The van der Waals surface area contributed by atoms with E-state index in [9.17, 15) is 8.78 Å². The summed E-state index contributed by atoms with van der Waals surface area (Å²) in [6.07, 6.45) is -2.81. The van der Waals surface area contributed by atoms with Gasteiger partial charge in [-0.2, -0.15) is 0 Å². The summed E-state index contributed by atoms with van der Waals surface area (Å²) in [5, 5.41) is 2.42. The Morgan fingerprint density at radius 3 is 2.00 bits per heavy atom. The van der Waals surface area contributed by atoms with Gasteiger partial charge in [0.2, 0.25) is 0 Å². The normalized spacial score (nSPS) is 37.2. The molecular formula is C6H12ClF2N. The third kappa shape index (κ3) is 1.58. The van der Waals surface area contributed by atoms with Crippen LogP contribution in [0.2, 0.25) is 0 Å². The molecule has 1 nitrogen and oxygen atoms in total. The van der Waals surface area contributed by atoms with Gasteiger partial charge in [0, 0.05) is 12.0 Å². The monoisotopic (exact) mass is 171 g/mol. The van der Waals surface area contributed by atoms with Crippen LogP contribution in [0.5, 0.6) is 0 Å². The maximum absolute atomic E-state index is 12.7. The number of rotatable bonds is 0. The number of hydrogen-bond acceptors (Lipinski definition) is 1. The van der Waals surface area contributed by atoms with Gasteiger partial charge in [0.05, 0.1) is 0 Å². The Morgan fingerprint density at radius 1 is 1.40 bits per heavy atom. The Kier molecular flexibility index (Phi) is 3.04.